The van der Waals surface area contributed by atoms with Crippen molar-refractivity contribution < 1.29 is 13.6 Å². The van der Waals surface area contributed by atoms with E-state index in [4.69, 9.17) is 11.6 Å². The van der Waals surface area contributed by atoms with Gasteiger partial charge in [0.25, 0.3) is 0 Å². The van der Waals surface area contributed by atoms with E-state index in [9.17, 15) is 13.6 Å². The van der Waals surface area contributed by atoms with Gasteiger partial charge in [-0.15, -0.1) is 0 Å². The van der Waals surface area contributed by atoms with Gasteiger partial charge in [0.1, 0.15) is 22.9 Å². The molecule has 31 heavy (non-hydrogen) atoms. The summed E-state index contributed by atoms with van der Waals surface area (Å²) in [6.07, 6.45) is 6.60. The molecule has 9 heteroatoms. The average Bonchev–Trinajstić information content (AvgIpc) is 3.44. The Hall–Kier alpha value is -2.61. The van der Waals surface area contributed by atoms with Crippen molar-refractivity contribution in [1.29, 1.82) is 0 Å². The van der Waals surface area contributed by atoms with Gasteiger partial charge in [0.15, 0.2) is 5.78 Å². The summed E-state index contributed by atoms with van der Waals surface area (Å²) in [5.74, 6) is -2.02. The number of ketones is 1. The van der Waals surface area contributed by atoms with Crippen molar-refractivity contribution in [3.8, 4) is 0 Å². The average molecular weight is 446 g/mol. The number of H-pyrrole nitrogens is 1. The molecule has 0 aliphatic heterocycles. The number of fused-ring (bicyclic) bond motifs is 1. The maximum atomic E-state index is 13.4. The molecule has 2 fully saturated rings. The SMILES string of the molecule is O=C(c1ccc(CC2CCC(F)(F)CC2)nc1Cl)c1c[nH]c2ncnc(NC3CC3)c12. The van der Waals surface area contributed by atoms with Gasteiger partial charge in [0.05, 0.1) is 16.5 Å². The quantitative estimate of drug-likeness (QED) is 0.403. The van der Waals surface area contributed by atoms with E-state index in [1.807, 2.05) is 0 Å². The fourth-order valence-electron chi connectivity index (χ4n) is 4.17. The lowest BCUT2D eigenvalue weighted by molar-refractivity contribution is -0.0457. The number of anilines is 1. The summed E-state index contributed by atoms with van der Waals surface area (Å²) in [6.45, 7) is 0. The monoisotopic (exact) mass is 445 g/mol. The molecule has 2 N–H and O–H groups in total. The van der Waals surface area contributed by atoms with Crippen LogP contribution in [0.4, 0.5) is 14.6 Å². The van der Waals surface area contributed by atoms with Crippen molar-refractivity contribution in [3.63, 3.8) is 0 Å². The van der Waals surface area contributed by atoms with E-state index in [1.54, 1.807) is 18.3 Å². The van der Waals surface area contributed by atoms with Gasteiger partial charge in [-0.25, -0.2) is 23.7 Å². The standard InChI is InChI=1S/C22H22ClF2N5O/c23-19-15(4-3-14(29-19)9-12-5-7-22(24,25)8-6-12)18(31)16-10-26-20-17(16)21(28-11-27-20)30-13-1-2-13/h3-4,10-13H,1-2,5-9H2,(H2,26,27,28,30). The molecule has 162 valence electrons. The third-order valence-corrected chi connectivity index (χ3v) is 6.41. The minimum absolute atomic E-state index is 0.0815. The molecule has 2 aliphatic rings. The van der Waals surface area contributed by atoms with Gasteiger partial charge in [-0.1, -0.05) is 11.6 Å². The molecule has 2 aliphatic carbocycles. The lowest BCUT2D eigenvalue weighted by atomic mass is 9.84. The number of nitrogens with zero attached hydrogens (tertiary/aromatic N) is 3. The predicted octanol–water partition coefficient (Wildman–Crippen LogP) is 5.18. The number of aromatic amines is 1. The molecule has 3 heterocycles. The molecule has 0 aromatic carbocycles. The Morgan fingerprint density at radius 1 is 1.16 bits per heavy atom. The molecule has 3 aromatic rings. The summed E-state index contributed by atoms with van der Waals surface area (Å²) in [5.41, 5.74) is 2.03. The molecule has 0 atom stereocenters. The third-order valence-electron chi connectivity index (χ3n) is 6.12. The molecule has 0 saturated heterocycles. The zero-order chi connectivity index (χ0) is 21.6. The Labute approximate surface area is 182 Å². The van der Waals surface area contributed by atoms with Crippen LogP contribution in [0.5, 0.6) is 0 Å². The van der Waals surface area contributed by atoms with Crippen LogP contribution in [0.1, 0.15) is 60.1 Å². The number of aromatic nitrogens is 4. The van der Waals surface area contributed by atoms with Crippen LogP contribution in [0.2, 0.25) is 5.15 Å². The van der Waals surface area contributed by atoms with Gasteiger partial charge in [0.2, 0.25) is 5.92 Å². The number of nitrogens with one attached hydrogen (secondary N) is 2. The molecule has 5 rings (SSSR count). The van der Waals surface area contributed by atoms with Gasteiger partial charge in [0, 0.05) is 30.8 Å². The number of carbonyl (C=O) groups excluding carboxylic acids is 1. The maximum Gasteiger partial charge on any atom is 0.248 e. The second-order valence-corrected chi connectivity index (χ2v) is 8.90. The Morgan fingerprint density at radius 3 is 2.65 bits per heavy atom. The van der Waals surface area contributed by atoms with Gasteiger partial charge < -0.3 is 10.3 Å². The molecule has 0 unspecified atom stereocenters. The predicted molar refractivity (Wildman–Crippen MR) is 114 cm³/mol. The Balaban J connectivity index is 1.37. The first kappa shape index (κ1) is 20.3. The second-order valence-electron chi connectivity index (χ2n) is 8.54. The summed E-state index contributed by atoms with van der Waals surface area (Å²) in [5, 5.41) is 4.10. The lowest BCUT2D eigenvalue weighted by Crippen LogP contribution is -2.25. The zero-order valence-electron chi connectivity index (χ0n) is 16.8. The lowest BCUT2D eigenvalue weighted by Gasteiger charge is -2.28. The second kappa shape index (κ2) is 7.82. The number of pyridine rings is 1. The molecule has 6 nitrogen and oxygen atoms in total. The highest BCUT2D eigenvalue weighted by Gasteiger charge is 2.35. The highest BCUT2D eigenvalue weighted by atomic mass is 35.5. The van der Waals surface area contributed by atoms with Crippen LogP contribution in [0, 0.1) is 5.92 Å². The zero-order valence-corrected chi connectivity index (χ0v) is 17.6. The minimum Gasteiger partial charge on any atom is -0.367 e. The van der Waals surface area contributed by atoms with Crippen LogP contribution < -0.4 is 5.32 Å². The van der Waals surface area contributed by atoms with Crippen LogP contribution in [0.15, 0.2) is 24.7 Å². The van der Waals surface area contributed by atoms with E-state index in [0.29, 0.717) is 53.3 Å². The Bertz CT molecular complexity index is 1130. The molecule has 3 aromatic heterocycles. The van der Waals surface area contributed by atoms with Gasteiger partial charge in [-0.3, -0.25) is 4.79 Å². The number of hydrogen-bond donors (Lipinski definition) is 2. The van der Waals surface area contributed by atoms with Crippen LogP contribution in [0.3, 0.4) is 0 Å². The van der Waals surface area contributed by atoms with Crippen LogP contribution in [-0.2, 0) is 6.42 Å². The summed E-state index contributed by atoms with van der Waals surface area (Å²) in [4.78, 5) is 29.2. The van der Waals surface area contributed by atoms with E-state index in [2.05, 4.69) is 25.3 Å². The van der Waals surface area contributed by atoms with Gasteiger partial charge >= 0.3 is 0 Å². The molecule has 0 spiro atoms. The van der Waals surface area contributed by atoms with Crippen molar-refractivity contribution >= 4 is 34.2 Å². The fraction of sp³-hybridized carbons (Fsp3) is 0.455. The third kappa shape index (κ3) is 4.26. The molecular formula is C22H22ClF2N5O. The highest BCUT2D eigenvalue weighted by molar-refractivity contribution is 6.34. The fourth-order valence-corrected chi connectivity index (χ4v) is 4.43. The van der Waals surface area contributed by atoms with Crippen molar-refractivity contribution in [3.05, 3.63) is 46.6 Å². The van der Waals surface area contributed by atoms with E-state index in [-0.39, 0.29) is 29.7 Å². The van der Waals surface area contributed by atoms with E-state index < -0.39 is 5.92 Å². The number of carbonyl (C=O) groups is 1. The van der Waals surface area contributed by atoms with E-state index in [0.717, 1.165) is 18.5 Å². The van der Waals surface area contributed by atoms with Crippen molar-refractivity contribution in [1.82, 2.24) is 19.9 Å². The van der Waals surface area contributed by atoms with Crippen LogP contribution in [-0.4, -0.2) is 37.7 Å². The van der Waals surface area contributed by atoms with Crippen molar-refractivity contribution in [2.75, 3.05) is 5.32 Å². The first-order valence-electron chi connectivity index (χ1n) is 10.6. The molecular weight excluding hydrogens is 424 g/mol. The van der Waals surface area contributed by atoms with Crippen LogP contribution >= 0.6 is 11.6 Å². The van der Waals surface area contributed by atoms with E-state index >= 15 is 0 Å². The minimum atomic E-state index is -2.55. The topological polar surface area (TPSA) is 83.6 Å². The normalized spacial score (nSPS) is 18.9. The number of hydrogen-bond acceptors (Lipinski definition) is 5. The number of halogens is 3. The summed E-state index contributed by atoms with van der Waals surface area (Å²) >= 11 is 6.38. The summed E-state index contributed by atoms with van der Waals surface area (Å²) in [6, 6.07) is 3.81. The first-order valence-corrected chi connectivity index (χ1v) is 10.9. The molecule has 0 amide bonds. The molecule has 2 saturated carbocycles. The first-order chi connectivity index (χ1) is 14.9. The van der Waals surface area contributed by atoms with Crippen molar-refractivity contribution in [2.24, 2.45) is 5.92 Å². The van der Waals surface area contributed by atoms with Crippen molar-refractivity contribution in [2.45, 2.75) is 56.9 Å². The van der Waals surface area contributed by atoms with Crippen LogP contribution in [0.25, 0.3) is 11.0 Å². The van der Waals surface area contributed by atoms with Gasteiger partial charge in [-0.2, -0.15) is 0 Å². The summed E-state index contributed by atoms with van der Waals surface area (Å²) in [7, 11) is 0. The molecule has 0 radical (unpaired) electrons. The number of alkyl halides is 2. The largest absolute Gasteiger partial charge is 0.367 e. The molecule has 0 bridgehead atoms. The highest BCUT2D eigenvalue weighted by Crippen LogP contribution is 2.37. The van der Waals surface area contributed by atoms with Gasteiger partial charge in [-0.05, 0) is 50.2 Å². The number of rotatable bonds is 6. The Morgan fingerprint density at radius 2 is 1.94 bits per heavy atom. The summed E-state index contributed by atoms with van der Waals surface area (Å²) < 4.78 is 26.8. The van der Waals surface area contributed by atoms with E-state index in [1.165, 1.54) is 6.33 Å². The Kier molecular flexibility index (Phi) is 5.12. The maximum absolute atomic E-state index is 13.4. The smallest absolute Gasteiger partial charge is 0.248 e.